The number of amides is 1. The van der Waals surface area contributed by atoms with Gasteiger partial charge in [-0.05, 0) is 12.1 Å². The normalized spacial score (nSPS) is 10.6. The summed E-state index contributed by atoms with van der Waals surface area (Å²) in [6.45, 7) is 0. The molecule has 110 valence electrons. The van der Waals surface area contributed by atoms with Gasteiger partial charge in [0.15, 0.2) is 0 Å². The van der Waals surface area contributed by atoms with Crippen LogP contribution in [0, 0.1) is 0 Å². The Labute approximate surface area is 150 Å². The number of anilines is 1. The first-order chi connectivity index (χ1) is 9.77. The van der Waals surface area contributed by atoms with Gasteiger partial charge in [-0.25, -0.2) is 18.5 Å². The maximum atomic E-state index is 11.8. The predicted octanol–water partition coefficient (Wildman–Crippen LogP) is -4.80. The molecule has 2 aromatic rings. The van der Waals surface area contributed by atoms with Gasteiger partial charge in [0.25, 0.3) is 15.9 Å². The number of nitrogens with two attached hydrogens (primary N) is 1. The molecule has 0 aliphatic rings. The van der Waals surface area contributed by atoms with Crippen molar-refractivity contribution in [2.75, 3.05) is 5.32 Å². The number of sulfonamides is 1. The number of pyridine rings is 1. The summed E-state index contributed by atoms with van der Waals surface area (Å²) < 4.78 is 21.6. The zero-order chi connectivity index (χ0) is 15.6. The number of aromatic carboxylic acids is 1. The Kier molecular flexibility index (Phi) is 6.10. The fourth-order valence-corrected chi connectivity index (χ4v) is 2.54. The minimum absolute atomic E-state index is 0. The number of aromatic nitrogens is 3. The Balaban J connectivity index is 0.00000242. The summed E-state index contributed by atoms with van der Waals surface area (Å²) in [5.74, 6) is -2.31. The third-order valence-electron chi connectivity index (χ3n) is 2.06. The molecule has 22 heavy (non-hydrogen) atoms. The van der Waals surface area contributed by atoms with Gasteiger partial charge in [-0.2, -0.15) is 0 Å². The van der Waals surface area contributed by atoms with Crippen LogP contribution in [0.1, 0.15) is 21.0 Å². The molecular formula is C9H6N5NaO5S2. The van der Waals surface area contributed by atoms with Gasteiger partial charge in [0.1, 0.15) is 5.69 Å². The van der Waals surface area contributed by atoms with Crippen LogP contribution in [0.5, 0.6) is 0 Å². The molecule has 0 unspecified atom stereocenters. The molecule has 3 N–H and O–H groups in total. The van der Waals surface area contributed by atoms with Crippen LogP contribution in [0.4, 0.5) is 5.13 Å². The number of primary sulfonamides is 1. The van der Waals surface area contributed by atoms with E-state index >= 15 is 0 Å². The van der Waals surface area contributed by atoms with Gasteiger partial charge >= 0.3 is 29.6 Å². The third kappa shape index (κ3) is 4.53. The second kappa shape index (κ2) is 7.21. The summed E-state index contributed by atoms with van der Waals surface area (Å²) in [6.07, 6.45) is 0. The van der Waals surface area contributed by atoms with Crippen LogP contribution >= 0.6 is 11.3 Å². The van der Waals surface area contributed by atoms with Gasteiger partial charge in [-0.15, -0.1) is 10.2 Å². The molecule has 2 rings (SSSR count). The van der Waals surface area contributed by atoms with E-state index in [0.717, 1.165) is 6.07 Å². The predicted molar refractivity (Wildman–Crippen MR) is 67.8 cm³/mol. The van der Waals surface area contributed by atoms with Crippen LogP contribution in [0.3, 0.4) is 0 Å². The number of carbonyl (C=O) groups is 2. The second-order valence-electron chi connectivity index (χ2n) is 3.57. The number of hydrogen-bond donors (Lipinski definition) is 2. The van der Waals surface area contributed by atoms with E-state index in [4.69, 9.17) is 5.14 Å². The molecule has 0 aliphatic heterocycles. The van der Waals surface area contributed by atoms with Gasteiger partial charge in [-0.1, -0.05) is 17.4 Å². The molecule has 0 atom stereocenters. The molecular weight excluding hydrogens is 345 g/mol. The van der Waals surface area contributed by atoms with E-state index in [1.165, 1.54) is 12.1 Å². The molecule has 2 aromatic heterocycles. The Morgan fingerprint density at radius 2 is 1.86 bits per heavy atom. The van der Waals surface area contributed by atoms with Crippen LogP contribution < -0.4 is 45.1 Å². The molecule has 0 aromatic carbocycles. The number of carboxylic acids is 1. The first-order valence-corrected chi connectivity index (χ1v) is 7.50. The van der Waals surface area contributed by atoms with Crippen molar-refractivity contribution in [2.45, 2.75) is 4.34 Å². The van der Waals surface area contributed by atoms with Crippen molar-refractivity contribution < 1.29 is 52.7 Å². The number of rotatable bonds is 4. The molecule has 0 saturated heterocycles. The van der Waals surface area contributed by atoms with E-state index in [9.17, 15) is 23.1 Å². The molecule has 10 nitrogen and oxygen atoms in total. The van der Waals surface area contributed by atoms with E-state index in [2.05, 4.69) is 20.5 Å². The fraction of sp³-hybridized carbons (Fsp3) is 0. The SMILES string of the molecule is NS(=O)(=O)c1nnc(NC(=O)c2cccc(C(=O)[O-])n2)s1.[Na+]. The maximum absolute atomic E-state index is 11.8. The smallest absolute Gasteiger partial charge is 0.543 e. The van der Waals surface area contributed by atoms with Crippen molar-refractivity contribution in [3.63, 3.8) is 0 Å². The summed E-state index contributed by atoms with van der Waals surface area (Å²) in [5, 5.41) is 24.3. The molecule has 0 spiro atoms. The molecule has 13 heteroatoms. The van der Waals surface area contributed by atoms with Gasteiger partial charge in [-0.3, -0.25) is 10.1 Å². The van der Waals surface area contributed by atoms with Crippen LogP contribution in [0.15, 0.2) is 22.5 Å². The molecule has 0 aliphatic carbocycles. The van der Waals surface area contributed by atoms with E-state index in [-0.39, 0.29) is 40.4 Å². The molecule has 1 amide bonds. The Morgan fingerprint density at radius 1 is 1.23 bits per heavy atom. The topological polar surface area (TPSA) is 168 Å². The number of nitrogens with one attached hydrogen (secondary N) is 1. The summed E-state index contributed by atoms with van der Waals surface area (Å²) in [5.41, 5.74) is -0.616. The van der Waals surface area contributed by atoms with Gasteiger partial charge in [0.05, 0.1) is 11.7 Å². The van der Waals surface area contributed by atoms with E-state index in [0.29, 0.717) is 11.3 Å². The number of hydrogen-bond acceptors (Lipinski definition) is 9. The minimum Gasteiger partial charge on any atom is -0.543 e. The van der Waals surface area contributed by atoms with E-state index in [1.807, 2.05) is 0 Å². The first-order valence-electron chi connectivity index (χ1n) is 5.13. The number of carboxylic acid groups (broad SMARTS) is 1. The maximum Gasteiger partial charge on any atom is 1.00 e. The average molecular weight is 351 g/mol. The van der Waals surface area contributed by atoms with E-state index in [1.54, 1.807) is 0 Å². The van der Waals surface area contributed by atoms with Crippen molar-refractivity contribution in [3.8, 4) is 0 Å². The fourth-order valence-electron chi connectivity index (χ4n) is 1.21. The van der Waals surface area contributed by atoms with Crippen LogP contribution in [-0.2, 0) is 10.0 Å². The molecule has 2 heterocycles. The second-order valence-corrected chi connectivity index (χ2v) is 6.28. The average Bonchev–Trinajstić information content (AvgIpc) is 2.87. The van der Waals surface area contributed by atoms with Crippen LogP contribution in [0.2, 0.25) is 0 Å². The van der Waals surface area contributed by atoms with Gasteiger partial charge < -0.3 is 9.90 Å². The number of nitrogens with zero attached hydrogens (tertiary/aromatic N) is 3. The molecule has 0 bridgehead atoms. The monoisotopic (exact) mass is 351 g/mol. The Bertz CT molecular complexity index is 821. The third-order valence-corrected chi connectivity index (χ3v) is 4.21. The largest absolute Gasteiger partial charge is 1.00 e. The molecule has 0 fully saturated rings. The zero-order valence-corrected chi connectivity index (χ0v) is 14.6. The van der Waals surface area contributed by atoms with Crippen molar-refractivity contribution >= 4 is 38.4 Å². The minimum atomic E-state index is -4.01. The Hall–Kier alpha value is -1.44. The molecule has 0 radical (unpaired) electrons. The van der Waals surface area contributed by atoms with Gasteiger partial charge in [0, 0.05) is 0 Å². The van der Waals surface area contributed by atoms with Gasteiger partial charge in [0.2, 0.25) is 9.47 Å². The van der Waals surface area contributed by atoms with Crippen LogP contribution in [-0.4, -0.2) is 35.5 Å². The Morgan fingerprint density at radius 3 is 2.41 bits per heavy atom. The van der Waals surface area contributed by atoms with Crippen molar-refractivity contribution in [2.24, 2.45) is 5.14 Å². The molecule has 0 saturated carbocycles. The number of carbonyl (C=O) groups excluding carboxylic acids is 2. The van der Waals surface area contributed by atoms with Crippen molar-refractivity contribution in [1.29, 1.82) is 0 Å². The summed E-state index contributed by atoms with van der Waals surface area (Å²) in [4.78, 5) is 26.0. The quantitative estimate of drug-likeness (QED) is 0.408. The zero-order valence-electron chi connectivity index (χ0n) is 11.0. The summed E-state index contributed by atoms with van der Waals surface area (Å²) >= 11 is 0.550. The summed E-state index contributed by atoms with van der Waals surface area (Å²) in [6, 6.07) is 3.74. The standard InChI is InChI=1S/C9H7N5O5S2.Na/c10-21(18,19)9-14-13-8(20-9)12-6(15)4-2-1-3-5(11-4)7(16)17;/h1-3H,(H,16,17)(H2,10,18,19)(H,12,13,15);/q;+1/p-1. The van der Waals surface area contributed by atoms with Crippen molar-refractivity contribution in [1.82, 2.24) is 15.2 Å². The van der Waals surface area contributed by atoms with Crippen LogP contribution in [0.25, 0.3) is 0 Å². The summed E-state index contributed by atoms with van der Waals surface area (Å²) in [7, 11) is -4.01. The first kappa shape index (κ1) is 18.6. The van der Waals surface area contributed by atoms with E-state index < -0.39 is 31.9 Å². The van der Waals surface area contributed by atoms with Crippen molar-refractivity contribution in [3.05, 3.63) is 29.6 Å².